The van der Waals surface area contributed by atoms with Gasteiger partial charge in [-0.1, -0.05) is 30.3 Å². The molecule has 0 saturated heterocycles. The van der Waals surface area contributed by atoms with E-state index in [1.54, 1.807) is 12.3 Å². The Kier molecular flexibility index (Phi) is 4.91. The van der Waals surface area contributed by atoms with E-state index in [4.69, 9.17) is 4.74 Å². The Morgan fingerprint density at radius 1 is 1.07 bits per heavy atom. The Morgan fingerprint density at radius 2 is 1.79 bits per heavy atom. The highest BCUT2D eigenvalue weighted by atomic mass is 127. The van der Waals surface area contributed by atoms with Gasteiger partial charge in [0.2, 0.25) is 11.8 Å². The molecule has 4 rings (SSSR count). The van der Waals surface area contributed by atoms with E-state index >= 15 is 0 Å². The summed E-state index contributed by atoms with van der Waals surface area (Å²) in [5.74, 6) is -0.505. The van der Waals surface area contributed by atoms with Gasteiger partial charge in [0, 0.05) is 33.4 Å². The van der Waals surface area contributed by atoms with Crippen LogP contribution < -0.4 is 0 Å². The van der Waals surface area contributed by atoms with Crippen LogP contribution in [0.5, 0.6) is 0 Å². The van der Waals surface area contributed by atoms with Gasteiger partial charge < -0.3 is 4.74 Å². The van der Waals surface area contributed by atoms with Crippen LogP contribution in [-0.4, -0.2) is 27.6 Å². The maximum absolute atomic E-state index is 12.3. The number of nitrogens with zero attached hydrogens (tertiary/aromatic N) is 3. The molecule has 0 N–H and O–H groups in total. The highest BCUT2D eigenvalue weighted by Gasteiger charge is 2.25. The molecule has 6 nitrogen and oxygen atoms in total. The van der Waals surface area contributed by atoms with Gasteiger partial charge >= 0.3 is 5.97 Å². The number of ether oxygens (including phenoxy) is 1. The zero-order valence-corrected chi connectivity index (χ0v) is 17.0. The SMILES string of the molecule is CC(=O)n1cc(/C=C2\N=C(c3ccc(I)cc3)OC2=O)c(-c2ccccc2)n1. The van der Waals surface area contributed by atoms with Crippen LogP contribution in [0.1, 0.15) is 22.8 Å². The lowest BCUT2D eigenvalue weighted by Crippen LogP contribution is -2.05. The first-order chi connectivity index (χ1) is 13.5. The quantitative estimate of drug-likeness (QED) is 0.319. The number of rotatable bonds is 3. The molecule has 3 aromatic rings. The van der Waals surface area contributed by atoms with Crippen LogP contribution in [-0.2, 0) is 9.53 Å². The van der Waals surface area contributed by atoms with Crippen LogP contribution in [0.4, 0.5) is 0 Å². The molecule has 2 heterocycles. The molecule has 0 amide bonds. The van der Waals surface area contributed by atoms with Gasteiger partial charge in [0.15, 0.2) is 5.70 Å². The standard InChI is InChI=1S/C21H14IN3O3/c1-13(26)25-12-16(19(24-25)14-5-3-2-4-6-14)11-18-21(27)28-20(23-18)15-7-9-17(22)10-8-15/h2-12H,1H3/b18-11-. The number of cyclic esters (lactones) is 1. The molecule has 0 unspecified atom stereocenters. The first-order valence-electron chi connectivity index (χ1n) is 8.46. The van der Waals surface area contributed by atoms with E-state index in [0.29, 0.717) is 11.3 Å². The van der Waals surface area contributed by atoms with Crippen LogP contribution in [0.15, 0.2) is 71.5 Å². The van der Waals surface area contributed by atoms with Crippen LogP contribution in [0.2, 0.25) is 0 Å². The minimum Gasteiger partial charge on any atom is -0.402 e. The summed E-state index contributed by atoms with van der Waals surface area (Å²) in [5.41, 5.74) is 2.92. The van der Waals surface area contributed by atoms with Gasteiger partial charge in [-0.2, -0.15) is 5.10 Å². The molecule has 1 aromatic heterocycles. The summed E-state index contributed by atoms with van der Waals surface area (Å²) >= 11 is 2.20. The Morgan fingerprint density at radius 3 is 2.46 bits per heavy atom. The first kappa shape index (κ1) is 18.3. The molecule has 0 spiro atoms. The molecule has 28 heavy (non-hydrogen) atoms. The van der Waals surface area contributed by atoms with Crippen molar-refractivity contribution in [3.8, 4) is 11.3 Å². The second kappa shape index (κ2) is 7.51. The Balaban J connectivity index is 1.77. The summed E-state index contributed by atoms with van der Waals surface area (Å²) in [6.07, 6.45) is 3.18. The van der Waals surface area contributed by atoms with E-state index in [2.05, 4.69) is 32.7 Å². The third-order valence-corrected chi connectivity index (χ3v) is 4.84. The molecule has 0 atom stereocenters. The lowest BCUT2D eigenvalue weighted by molar-refractivity contribution is -0.129. The monoisotopic (exact) mass is 483 g/mol. The summed E-state index contributed by atoms with van der Waals surface area (Å²) in [7, 11) is 0. The van der Waals surface area contributed by atoms with Crippen LogP contribution in [0.3, 0.4) is 0 Å². The van der Waals surface area contributed by atoms with E-state index < -0.39 is 5.97 Å². The van der Waals surface area contributed by atoms with Crippen molar-refractivity contribution in [2.24, 2.45) is 4.99 Å². The lowest BCUT2D eigenvalue weighted by Gasteiger charge is -1.98. The van der Waals surface area contributed by atoms with Gasteiger partial charge in [0.25, 0.3) is 0 Å². The third-order valence-electron chi connectivity index (χ3n) is 4.12. The molecule has 2 aromatic carbocycles. The summed E-state index contributed by atoms with van der Waals surface area (Å²) in [6, 6.07) is 17.0. The van der Waals surface area contributed by atoms with Crippen molar-refractivity contribution in [1.29, 1.82) is 0 Å². The molecular formula is C21H14IN3O3. The van der Waals surface area contributed by atoms with E-state index in [9.17, 15) is 9.59 Å². The number of halogens is 1. The van der Waals surface area contributed by atoms with Crippen molar-refractivity contribution in [2.75, 3.05) is 0 Å². The molecule has 0 bridgehead atoms. The minimum absolute atomic E-state index is 0.161. The van der Waals surface area contributed by atoms with E-state index in [-0.39, 0.29) is 17.5 Å². The molecule has 0 radical (unpaired) electrons. The second-order valence-corrected chi connectivity index (χ2v) is 7.35. The fourth-order valence-corrected chi connectivity index (χ4v) is 3.11. The van der Waals surface area contributed by atoms with Crippen molar-refractivity contribution >= 4 is 46.4 Å². The smallest absolute Gasteiger partial charge is 0.363 e. The number of aliphatic imine (C=N–C) groups is 1. The molecule has 0 saturated carbocycles. The van der Waals surface area contributed by atoms with E-state index in [0.717, 1.165) is 14.7 Å². The summed E-state index contributed by atoms with van der Waals surface area (Å²) in [5, 5.41) is 4.36. The van der Waals surface area contributed by atoms with Crippen LogP contribution in [0, 0.1) is 3.57 Å². The maximum atomic E-state index is 12.3. The molecule has 0 fully saturated rings. The second-order valence-electron chi connectivity index (χ2n) is 6.11. The fraction of sp³-hybridized carbons (Fsp3) is 0.0476. The summed E-state index contributed by atoms with van der Waals surface area (Å²) in [6.45, 7) is 1.43. The van der Waals surface area contributed by atoms with Crippen LogP contribution >= 0.6 is 22.6 Å². The van der Waals surface area contributed by atoms with Gasteiger partial charge in [-0.3, -0.25) is 4.79 Å². The van der Waals surface area contributed by atoms with Gasteiger partial charge in [0.05, 0.1) is 0 Å². The zero-order chi connectivity index (χ0) is 19.7. The van der Waals surface area contributed by atoms with E-state index in [1.807, 2.05) is 54.6 Å². The van der Waals surface area contributed by atoms with Gasteiger partial charge in [0.1, 0.15) is 5.69 Å². The van der Waals surface area contributed by atoms with Crippen molar-refractivity contribution in [2.45, 2.75) is 6.92 Å². The molecule has 1 aliphatic heterocycles. The average molecular weight is 483 g/mol. The molecule has 7 heteroatoms. The predicted molar refractivity (Wildman–Crippen MR) is 114 cm³/mol. The first-order valence-corrected chi connectivity index (χ1v) is 9.53. The number of carbonyl (C=O) groups is 2. The number of carbonyl (C=O) groups excluding carboxylic acids is 2. The normalized spacial score (nSPS) is 14.9. The number of esters is 1. The number of hydrogen-bond acceptors (Lipinski definition) is 5. The Bertz CT molecular complexity index is 1130. The van der Waals surface area contributed by atoms with Gasteiger partial charge in [-0.05, 0) is 52.9 Å². The largest absolute Gasteiger partial charge is 0.402 e. The average Bonchev–Trinajstić information content (AvgIpc) is 3.28. The van der Waals surface area contributed by atoms with Crippen molar-refractivity contribution in [3.05, 3.63) is 81.2 Å². The minimum atomic E-state index is -0.539. The van der Waals surface area contributed by atoms with Gasteiger partial charge in [-0.15, -0.1) is 0 Å². The maximum Gasteiger partial charge on any atom is 0.363 e. The highest BCUT2D eigenvalue weighted by Crippen LogP contribution is 2.26. The molecule has 138 valence electrons. The van der Waals surface area contributed by atoms with Crippen molar-refractivity contribution in [3.63, 3.8) is 0 Å². The predicted octanol–water partition coefficient (Wildman–Crippen LogP) is 4.16. The Hall–Kier alpha value is -3.07. The molecule has 1 aliphatic rings. The summed E-state index contributed by atoms with van der Waals surface area (Å²) in [4.78, 5) is 28.4. The zero-order valence-electron chi connectivity index (χ0n) is 14.8. The molecule has 0 aliphatic carbocycles. The third kappa shape index (κ3) is 3.65. The van der Waals surface area contributed by atoms with Crippen molar-refractivity contribution < 1.29 is 14.3 Å². The fourth-order valence-electron chi connectivity index (χ4n) is 2.75. The number of hydrogen-bond donors (Lipinski definition) is 0. The van der Waals surface area contributed by atoms with Crippen molar-refractivity contribution in [1.82, 2.24) is 9.78 Å². The lowest BCUT2D eigenvalue weighted by atomic mass is 10.1. The summed E-state index contributed by atoms with van der Waals surface area (Å²) < 4.78 is 7.64. The van der Waals surface area contributed by atoms with Gasteiger partial charge in [-0.25, -0.2) is 14.5 Å². The topological polar surface area (TPSA) is 73.6 Å². The van der Waals surface area contributed by atoms with Crippen LogP contribution in [0.25, 0.3) is 17.3 Å². The Labute approximate surface area is 174 Å². The number of benzene rings is 2. The number of aromatic nitrogens is 2. The van der Waals surface area contributed by atoms with E-state index in [1.165, 1.54) is 11.6 Å². The molecular weight excluding hydrogens is 469 g/mol. The highest BCUT2D eigenvalue weighted by molar-refractivity contribution is 14.1.